The van der Waals surface area contributed by atoms with Crippen molar-refractivity contribution < 1.29 is 13.9 Å². The van der Waals surface area contributed by atoms with Crippen molar-refractivity contribution in [1.29, 1.82) is 0 Å². The molecular formula is C32H51FO2. The number of hydrogen-bond acceptors (Lipinski definition) is 2. The second-order valence-corrected chi connectivity index (χ2v) is 14.2. The Morgan fingerprint density at radius 1 is 1.06 bits per heavy atom. The van der Waals surface area contributed by atoms with Crippen LogP contribution in [0.2, 0.25) is 0 Å². The van der Waals surface area contributed by atoms with Crippen molar-refractivity contribution in [2.24, 2.45) is 45.8 Å². The molecule has 0 aromatic heterocycles. The zero-order chi connectivity index (χ0) is 25.6. The van der Waals surface area contributed by atoms with Gasteiger partial charge in [0.25, 0.3) is 0 Å². The molecule has 0 aromatic carbocycles. The van der Waals surface area contributed by atoms with E-state index in [1.165, 1.54) is 32.1 Å². The van der Waals surface area contributed by atoms with E-state index in [1.807, 2.05) is 27.7 Å². The number of carbonyl (C=O) groups is 1. The summed E-state index contributed by atoms with van der Waals surface area (Å²) in [6.07, 6.45) is 16.7. The van der Waals surface area contributed by atoms with Crippen LogP contribution in [0.3, 0.4) is 0 Å². The molecule has 0 aromatic rings. The molecule has 0 radical (unpaired) electrons. The minimum atomic E-state index is -0.434. The molecule has 35 heavy (non-hydrogen) atoms. The van der Waals surface area contributed by atoms with E-state index in [9.17, 15) is 9.18 Å². The molecule has 2 nitrogen and oxygen atoms in total. The lowest BCUT2D eigenvalue weighted by Crippen LogP contribution is -2.50. The van der Waals surface area contributed by atoms with Gasteiger partial charge in [-0.25, -0.2) is 0 Å². The number of fused-ring (bicyclic) bond motifs is 5. The van der Waals surface area contributed by atoms with Crippen LogP contribution in [0.15, 0.2) is 23.3 Å². The van der Waals surface area contributed by atoms with Crippen molar-refractivity contribution in [3.63, 3.8) is 0 Å². The van der Waals surface area contributed by atoms with Crippen LogP contribution in [0, 0.1) is 45.8 Å². The van der Waals surface area contributed by atoms with Crippen molar-refractivity contribution in [1.82, 2.24) is 0 Å². The summed E-state index contributed by atoms with van der Waals surface area (Å²) in [5, 5.41) is 0. The number of allylic oxidation sites excluding steroid dienone is 3. The summed E-state index contributed by atoms with van der Waals surface area (Å²) in [5.41, 5.74) is 3.46. The molecule has 0 saturated heterocycles. The number of ether oxygens (including phenoxy) is 1. The van der Waals surface area contributed by atoms with Crippen LogP contribution in [0.1, 0.15) is 113 Å². The molecule has 198 valence electrons. The van der Waals surface area contributed by atoms with Gasteiger partial charge >= 0.3 is 5.97 Å². The van der Waals surface area contributed by atoms with Gasteiger partial charge in [0.05, 0.1) is 12.1 Å². The largest absolute Gasteiger partial charge is 0.462 e. The molecule has 4 aliphatic rings. The fraction of sp³-hybridized carbons (Fsp3) is 0.844. The first-order chi connectivity index (χ1) is 16.4. The van der Waals surface area contributed by atoms with Crippen LogP contribution in [0.25, 0.3) is 0 Å². The van der Waals surface area contributed by atoms with Crippen LogP contribution < -0.4 is 0 Å². The number of alkyl halides is 1. The van der Waals surface area contributed by atoms with Gasteiger partial charge in [-0.3, -0.25) is 9.18 Å². The maximum absolute atomic E-state index is 12.9. The Hall–Kier alpha value is -1.12. The highest BCUT2D eigenvalue weighted by atomic mass is 19.1. The highest BCUT2D eigenvalue weighted by molar-refractivity contribution is 5.75. The topological polar surface area (TPSA) is 26.3 Å². The SMILES string of the molecule is CC(CF)CCC[C@@H](C)C1=CCC2C3CC=C4CC(OC(=O)C(C)(C)C)CC[C@@]4(C)C3CCC12C. The summed E-state index contributed by atoms with van der Waals surface area (Å²) >= 11 is 0. The third-order valence-electron chi connectivity index (χ3n) is 10.7. The number of rotatable bonds is 7. The van der Waals surface area contributed by atoms with Gasteiger partial charge in [0, 0.05) is 6.42 Å². The van der Waals surface area contributed by atoms with E-state index in [4.69, 9.17) is 4.74 Å². The monoisotopic (exact) mass is 486 g/mol. The first kappa shape index (κ1) is 26.9. The molecule has 0 N–H and O–H groups in total. The normalized spacial score (nSPS) is 38.4. The molecule has 4 rings (SSSR count). The molecule has 0 heterocycles. The second kappa shape index (κ2) is 9.97. The van der Waals surface area contributed by atoms with E-state index in [-0.39, 0.29) is 30.1 Å². The lowest BCUT2D eigenvalue weighted by atomic mass is 9.47. The van der Waals surface area contributed by atoms with Crippen LogP contribution in [0.4, 0.5) is 4.39 Å². The lowest BCUT2D eigenvalue weighted by Gasteiger charge is -2.58. The Morgan fingerprint density at radius 3 is 2.46 bits per heavy atom. The van der Waals surface area contributed by atoms with Crippen molar-refractivity contribution in [3.05, 3.63) is 23.3 Å². The van der Waals surface area contributed by atoms with E-state index in [2.05, 4.69) is 32.9 Å². The Labute approximate surface area is 214 Å². The summed E-state index contributed by atoms with van der Waals surface area (Å²) in [4.78, 5) is 12.5. The third kappa shape index (κ3) is 5.04. The summed E-state index contributed by atoms with van der Waals surface area (Å²) in [5.74, 6) is 3.04. The zero-order valence-electron chi connectivity index (χ0n) is 23.6. The number of carbonyl (C=O) groups excluding carboxylic acids is 1. The molecule has 3 heteroatoms. The Bertz CT molecular complexity index is 850. The Balaban J connectivity index is 1.43. The highest BCUT2D eigenvalue weighted by Crippen LogP contribution is 2.66. The van der Waals surface area contributed by atoms with Gasteiger partial charge in [-0.1, -0.05) is 57.4 Å². The molecule has 0 amide bonds. The van der Waals surface area contributed by atoms with Crippen LogP contribution in [-0.2, 0) is 9.53 Å². The molecule has 2 saturated carbocycles. The third-order valence-corrected chi connectivity index (χ3v) is 10.7. The average molecular weight is 487 g/mol. The standard InChI is InChI=1S/C32H51FO2/c1-21(20-33)9-8-10-22(2)26-13-14-27-25-12-11-23-19-24(35-29(34)30(3,4)5)15-17-31(23,6)28(25)16-18-32(26,27)7/h11,13,21-22,24-25,27-28H,8-10,12,14-20H2,1-7H3/t21?,22-,24?,25?,27?,28?,31-,32?/m1/s1. The molecule has 8 atom stereocenters. The smallest absolute Gasteiger partial charge is 0.311 e. The first-order valence-corrected chi connectivity index (χ1v) is 14.6. The Morgan fingerprint density at radius 2 is 1.77 bits per heavy atom. The van der Waals surface area contributed by atoms with Gasteiger partial charge in [-0.2, -0.15) is 0 Å². The molecule has 2 fully saturated rings. The molecule has 4 aliphatic carbocycles. The van der Waals surface area contributed by atoms with Gasteiger partial charge < -0.3 is 4.74 Å². The minimum absolute atomic E-state index is 0.0483. The molecule has 0 spiro atoms. The van der Waals surface area contributed by atoms with E-state index in [0.717, 1.165) is 49.9 Å². The highest BCUT2D eigenvalue weighted by Gasteiger charge is 2.57. The number of halogens is 1. The minimum Gasteiger partial charge on any atom is -0.462 e. The predicted octanol–water partition coefficient (Wildman–Crippen LogP) is 8.86. The first-order valence-electron chi connectivity index (χ1n) is 14.6. The predicted molar refractivity (Wildman–Crippen MR) is 143 cm³/mol. The van der Waals surface area contributed by atoms with E-state index in [0.29, 0.717) is 11.3 Å². The summed E-state index contributed by atoms with van der Waals surface area (Å²) < 4.78 is 18.8. The fourth-order valence-corrected chi connectivity index (χ4v) is 8.43. The number of hydrogen-bond donors (Lipinski definition) is 0. The van der Waals surface area contributed by atoms with Crippen molar-refractivity contribution in [2.75, 3.05) is 6.67 Å². The average Bonchev–Trinajstić information content (AvgIpc) is 3.15. The van der Waals surface area contributed by atoms with E-state index >= 15 is 0 Å². The van der Waals surface area contributed by atoms with Gasteiger partial charge in [0.15, 0.2) is 0 Å². The summed E-state index contributed by atoms with van der Waals surface area (Å²) in [7, 11) is 0. The number of esters is 1. The summed E-state index contributed by atoms with van der Waals surface area (Å²) in [6.45, 7) is 15.2. The fourth-order valence-electron chi connectivity index (χ4n) is 8.43. The Kier molecular flexibility index (Phi) is 7.67. The molecular weight excluding hydrogens is 435 g/mol. The van der Waals surface area contributed by atoms with Crippen molar-refractivity contribution in [2.45, 2.75) is 119 Å². The molecule has 6 unspecified atom stereocenters. The van der Waals surface area contributed by atoms with Crippen LogP contribution >= 0.6 is 0 Å². The van der Waals surface area contributed by atoms with Crippen LogP contribution in [-0.4, -0.2) is 18.7 Å². The van der Waals surface area contributed by atoms with Crippen molar-refractivity contribution >= 4 is 5.97 Å². The maximum Gasteiger partial charge on any atom is 0.311 e. The van der Waals surface area contributed by atoms with E-state index < -0.39 is 5.41 Å². The summed E-state index contributed by atoms with van der Waals surface area (Å²) in [6, 6.07) is 0. The second-order valence-electron chi connectivity index (χ2n) is 14.2. The van der Waals surface area contributed by atoms with Crippen molar-refractivity contribution in [3.8, 4) is 0 Å². The zero-order valence-corrected chi connectivity index (χ0v) is 23.6. The molecule has 0 aliphatic heterocycles. The van der Waals surface area contributed by atoms with Gasteiger partial charge in [-0.05, 0) is 113 Å². The van der Waals surface area contributed by atoms with Gasteiger partial charge in [-0.15, -0.1) is 0 Å². The lowest BCUT2D eigenvalue weighted by molar-refractivity contribution is -0.160. The molecule has 0 bridgehead atoms. The van der Waals surface area contributed by atoms with Crippen LogP contribution in [0.5, 0.6) is 0 Å². The quantitative estimate of drug-likeness (QED) is 0.265. The van der Waals surface area contributed by atoms with Gasteiger partial charge in [0.2, 0.25) is 0 Å². The van der Waals surface area contributed by atoms with Gasteiger partial charge in [0.1, 0.15) is 6.10 Å². The maximum atomic E-state index is 12.9. The van der Waals surface area contributed by atoms with E-state index in [1.54, 1.807) is 11.1 Å².